The van der Waals surface area contributed by atoms with Crippen molar-refractivity contribution in [2.24, 2.45) is 0 Å². The number of unbranched alkanes of at least 4 members (excludes halogenated alkanes) is 43. The minimum Gasteiger partial charge on any atom is -0.463 e. The van der Waals surface area contributed by atoms with Gasteiger partial charge in [-0.2, -0.15) is 0 Å². The van der Waals surface area contributed by atoms with Crippen molar-refractivity contribution in [1.29, 1.82) is 0 Å². The summed E-state index contributed by atoms with van der Waals surface area (Å²) in [7, 11) is 0. The van der Waals surface area contributed by atoms with Gasteiger partial charge in [0.15, 0.2) is 0 Å². The molecule has 15 heteroatoms. The van der Waals surface area contributed by atoms with E-state index in [0.717, 1.165) is 51.4 Å². The molecule has 3 unspecified atom stereocenters. The Morgan fingerprint density at radius 1 is 0.259 bits per heavy atom. The first-order valence-electron chi connectivity index (χ1n) is 35.3. The number of aliphatic hydroxyl groups excluding tert-OH is 9. The first kappa shape index (κ1) is 89.2. The van der Waals surface area contributed by atoms with Crippen molar-refractivity contribution in [3.63, 3.8) is 0 Å². The molecule has 0 aromatic carbocycles. The summed E-state index contributed by atoms with van der Waals surface area (Å²) in [6, 6.07) is 0. The number of rotatable bonds is 62. The third kappa shape index (κ3) is 86.0. The van der Waals surface area contributed by atoms with Crippen molar-refractivity contribution in [3.05, 3.63) is 12.2 Å². The van der Waals surface area contributed by atoms with Gasteiger partial charge in [0, 0.05) is 19.3 Å². The van der Waals surface area contributed by atoms with Gasteiger partial charge in [0.1, 0.15) is 44.2 Å². The molecule has 0 bridgehead atoms. The first-order chi connectivity index (χ1) is 41.4. The van der Waals surface area contributed by atoms with E-state index in [4.69, 9.17) is 60.2 Å². The molecule has 15 nitrogen and oxygen atoms in total. The molecular formula is C70H140O15. The summed E-state index contributed by atoms with van der Waals surface area (Å²) >= 11 is 0. The van der Waals surface area contributed by atoms with Crippen LogP contribution in [0.4, 0.5) is 0 Å². The van der Waals surface area contributed by atoms with Crippen molar-refractivity contribution in [2.45, 2.75) is 366 Å². The van der Waals surface area contributed by atoms with E-state index in [9.17, 15) is 14.4 Å². The molecule has 0 rings (SSSR count). The minimum absolute atomic E-state index is 0.103. The van der Waals surface area contributed by atoms with Gasteiger partial charge in [-0.05, 0) is 44.9 Å². The smallest absolute Gasteiger partial charge is 0.305 e. The van der Waals surface area contributed by atoms with E-state index in [1.807, 2.05) is 0 Å². The van der Waals surface area contributed by atoms with E-state index in [1.165, 1.54) is 250 Å². The van der Waals surface area contributed by atoms with Crippen molar-refractivity contribution >= 4 is 17.9 Å². The Labute approximate surface area is 521 Å². The molecular weight excluding hydrogens is 1080 g/mol. The Hall–Kier alpha value is -2.21. The highest BCUT2D eigenvalue weighted by atomic mass is 16.6. The zero-order chi connectivity index (χ0) is 63.6. The van der Waals surface area contributed by atoms with Gasteiger partial charge in [-0.15, -0.1) is 0 Å². The van der Waals surface area contributed by atoms with E-state index < -0.39 is 24.4 Å². The molecule has 0 saturated heterocycles. The highest BCUT2D eigenvalue weighted by Crippen LogP contribution is 2.17. The normalized spacial score (nSPS) is 12.2. The Morgan fingerprint density at radius 3 is 0.588 bits per heavy atom. The molecule has 0 radical (unpaired) electrons. The van der Waals surface area contributed by atoms with E-state index in [-0.39, 0.29) is 70.8 Å². The molecule has 0 heterocycles. The summed E-state index contributed by atoms with van der Waals surface area (Å²) in [4.78, 5) is 34.2. The highest BCUT2D eigenvalue weighted by molar-refractivity contribution is 5.70. The van der Waals surface area contributed by atoms with Crippen LogP contribution in [0.3, 0.4) is 0 Å². The van der Waals surface area contributed by atoms with Gasteiger partial charge in [-0.1, -0.05) is 290 Å². The SMILES string of the molecule is CCCCCCCC/C=C\CCCCCCCC(=O)OCC(O)CO.CCCCCCCCCCCCCCCCCC(=O)OCC(O)CO.CCCCCCCCCCCCCCCCCCCCCC(=O)OCC(O)CO.OCC(O)CO. The summed E-state index contributed by atoms with van der Waals surface area (Å²) < 4.78 is 14.6. The summed E-state index contributed by atoms with van der Waals surface area (Å²) in [5, 5.41) is 77.2. The molecule has 0 spiro atoms. The van der Waals surface area contributed by atoms with Gasteiger partial charge in [-0.3, -0.25) is 14.4 Å². The number of hydrogen-bond donors (Lipinski definition) is 9. The summed E-state index contributed by atoms with van der Waals surface area (Å²) in [5.41, 5.74) is 0. The van der Waals surface area contributed by atoms with Crippen LogP contribution >= 0.6 is 0 Å². The largest absolute Gasteiger partial charge is 0.463 e. The zero-order valence-corrected chi connectivity index (χ0v) is 55.5. The standard InChI is InChI=1S/C25H50O4.C21H42O4.C21H40O4.C3H8O3/c1-2-3-4-5-6-7-8-9-10-11-12-13-14-15-16-17-18-19-20-21-25(28)29-23-24(27)22-26;2*1-2-3-4-5-6-7-8-9-10-11-12-13-14-15-16-17-21(24)25-19-20(23)18-22;4-1-3(6)2-5/h24,26-27H,2-23H2,1H3;20,22-23H,2-19H2,1H3;9-10,20,22-23H,2-8,11-19H2,1H3;3-6H,1-2H2/b;;10-9-;. The van der Waals surface area contributed by atoms with E-state index in [1.54, 1.807) is 0 Å². The molecule has 3 atom stereocenters. The van der Waals surface area contributed by atoms with Crippen LogP contribution in [-0.4, -0.2) is 141 Å². The van der Waals surface area contributed by atoms with Crippen molar-refractivity contribution in [1.82, 2.24) is 0 Å². The number of allylic oxidation sites excluding steroid dienone is 2. The fourth-order valence-electron chi connectivity index (χ4n) is 9.33. The topological polar surface area (TPSA) is 261 Å². The highest BCUT2D eigenvalue weighted by Gasteiger charge is 2.10. The van der Waals surface area contributed by atoms with Crippen LogP contribution in [0.5, 0.6) is 0 Å². The van der Waals surface area contributed by atoms with E-state index >= 15 is 0 Å². The summed E-state index contributed by atoms with van der Waals surface area (Å²) in [5.74, 6) is -0.836. The van der Waals surface area contributed by atoms with Crippen molar-refractivity contribution < 1.29 is 74.6 Å². The number of carbonyl (C=O) groups is 3. The lowest BCUT2D eigenvalue weighted by atomic mass is 10.0. The summed E-state index contributed by atoms with van der Waals surface area (Å²) in [6.07, 6.45) is 63.1. The zero-order valence-electron chi connectivity index (χ0n) is 55.5. The van der Waals surface area contributed by atoms with E-state index in [0.29, 0.717) is 19.3 Å². The maximum Gasteiger partial charge on any atom is 0.305 e. The van der Waals surface area contributed by atoms with Crippen LogP contribution in [-0.2, 0) is 28.6 Å². The average molecular weight is 1220 g/mol. The lowest BCUT2D eigenvalue weighted by Crippen LogP contribution is -2.21. The molecule has 0 aliphatic rings. The molecule has 9 N–H and O–H groups in total. The maximum absolute atomic E-state index is 11.4. The average Bonchev–Trinajstić information content (AvgIpc) is 3.51. The molecule has 510 valence electrons. The molecule has 0 amide bonds. The van der Waals surface area contributed by atoms with Gasteiger partial charge < -0.3 is 60.2 Å². The fraction of sp³-hybridized carbons (Fsp3) is 0.929. The first-order valence-corrected chi connectivity index (χ1v) is 35.3. The Morgan fingerprint density at radius 2 is 0.424 bits per heavy atom. The lowest BCUT2D eigenvalue weighted by molar-refractivity contribution is -0.148. The number of esters is 3. The second kappa shape index (κ2) is 79.8. The number of hydrogen-bond acceptors (Lipinski definition) is 15. The minimum atomic E-state index is -0.960. The van der Waals surface area contributed by atoms with E-state index in [2.05, 4.69) is 32.9 Å². The maximum atomic E-state index is 11.4. The third-order valence-electron chi connectivity index (χ3n) is 15.0. The Bertz CT molecular complexity index is 1300. The van der Waals surface area contributed by atoms with Gasteiger partial charge >= 0.3 is 17.9 Å². The van der Waals surface area contributed by atoms with Crippen LogP contribution in [0, 0.1) is 0 Å². The van der Waals surface area contributed by atoms with Crippen LogP contribution in [0.1, 0.15) is 342 Å². The lowest BCUT2D eigenvalue weighted by Gasteiger charge is -2.08. The number of carbonyl (C=O) groups excluding carboxylic acids is 3. The Balaban J connectivity index is -0.000000552. The molecule has 0 aromatic rings. The quantitative estimate of drug-likeness (QED) is 0.0119. The monoisotopic (exact) mass is 1220 g/mol. The van der Waals surface area contributed by atoms with Gasteiger partial charge in [-0.25, -0.2) is 0 Å². The Kier molecular flexibility index (Phi) is 83.8. The van der Waals surface area contributed by atoms with Gasteiger partial charge in [0.25, 0.3) is 0 Å². The van der Waals surface area contributed by atoms with Crippen LogP contribution in [0.2, 0.25) is 0 Å². The second-order valence-corrected chi connectivity index (χ2v) is 23.7. The fourth-order valence-corrected chi connectivity index (χ4v) is 9.33. The van der Waals surface area contributed by atoms with Gasteiger partial charge in [0.05, 0.1) is 33.0 Å². The van der Waals surface area contributed by atoms with Gasteiger partial charge in [0.2, 0.25) is 0 Å². The predicted molar refractivity (Wildman–Crippen MR) is 349 cm³/mol. The number of aliphatic hydroxyl groups is 9. The molecule has 85 heavy (non-hydrogen) atoms. The van der Waals surface area contributed by atoms with Crippen LogP contribution < -0.4 is 0 Å². The summed E-state index contributed by atoms with van der Waals surface area (Å²) in [6.45, 7) is 4.64. The molecule has 0 saturated carbocycles. The molecule has 0 fully saturated rings. The second-order valence-electron chi connectivity index (χ2n) is 23.7. The molecule has 0 aromatic heterocycles. The van der Waals surface area contributed by atoms with Crippen LogP contribution in [0.25, 0.3) is 0 Å². The van der Waals surface area contributed by atoms with Crippen molar-refractivity contribution in [3.8, 4) is 0 Å². The number of ether oxygens (including phenoxy) is 3. The molecule has 0 aliphatic carbocycles. The third-order valence-corrected chi connectivity index (χ3v) is 15.0. The predicted octanol–water partition coefficient (Wildman–Crippen LogP) is 15.1. The molecule has 0 aliphatic heterocycles. The van der Waals surface area contributed by atoms with Crippen LogP contribution in [0.15, 0.2) is 12.2 Å². The van der Waals surface area contributed by atoms with Crippen molar-refractivity contribution in [2.75, 3.05) is 52.9 Å².